The lowest BCUT2D eigenvalue weighted by Crippen LogP contribution is -2.28. The maximum Gasteiger partial charge on any atom is -0.00430 e. The number of hydrogen-bond donors (Lipinski definition) is 1. The molecule has 10 heavy (non-hydrogen) atoms. The van der Waals surface area contributed by atoms with Crippen LogP contribution in [0.15, 0.2) is 0 Å². The minimum atomic E-state index is 1.05. The molecule has 1 rings (SSSR count). The third-order valence-electron chi connectivity index (χ3n) is 1.75. The van der Waals surface area contributed by atoms with E-state index >= 15 is 0 Å². The first-order valence-electron chi connectivity index (χ1n) is 4.31. The van der Waals surface area contributed by atoms with E-state index in [0.717, 1.165) is 5.66 Å². The SMILES string of the molecule is CC.CPC1CCNCC1. The first-order chi connectivity index (χ1) is 4.93. The fraction of sp³-hybridized carbons (Fsp3) is 1.00. The van der Waals surface area contributed by atoms with Crippen molar-refractivity contribution in [2.45, 2.75) is 32.3 Å². The van der Waals surface area contributed by atoms with Crippen molar-refractivity contribution in [1.29, 1.82) is 0 Å². The van der Waals surface area contributed by atoms with Gasteiger partial charge >= 0.3 is 0 Å². The van der Waals surface area contributed by atoms with Crippen LogP contribution < -0.4 is 5.32 Å². The van der Waals surface area contributed by atoms with Crippen molar-refractivity contribution in [2.24, 2.45) is 0 Å². The topological polar surface area (TPSA) is 12.0 Å². The minimum Gasteiger partial charge on any atom is -0.317 e. The van der Waals surface area contributed by atoms with E-state index in [0.29, 0.717) is 0 Å². The molecule has 2 heteroatoms. The molecule has 1 nitrogen and oxygen atoms in total. The zero-order valence-electron chi connectivity index (χ0n) is 7.41. The molecule has 1 aliphatic rings. The average Bonchev–Trinajstić information content (AvgIpc) is 2.10. The molecule has 0 aromatic rings. The Morgan fingerprint density at radius 1 is 1.20 bits per heavy atom. The Bertz CT molecular complexity index is 60.3. The Balaban J connectivity index is 0.000000371. The van der Waals surface area contributed by atoms with Crippen molar-refractivity contribution >= 4 is 8.58 Å². The molecule has 1 unspecified atom stereocenters. The van der Waals surface area contributed by atoms with Crippen molar-refractivity contribution in [3.8, 4) is 0 Å². The first-order valence-corrected chi connectivity index (χ1v) is 5.89. The molecule has 1 heterocycles. The Hall–Kier alpha value is 0.390. The predicted octanol–water partition coefficient (Wildman–Crippen LogP) is 2.07. The quantitative estimate of drug-likeness (QED) is 0.580. The van der Waals surface area contributed by atoms with E-state index in [1.165, 1.54) is 34.5 Å². The maximum atomic E-state index is 3.35. The lowest BCUT2D eigenvalue weighted by molar-refractivity contribution is 0.529. The summed E-state index contributed by atoms with van der Waals surface area (Å²) in [5.74, 6) is 0. The van der Waals surface area contributed by atoms with Gasteiger partial charge in [-0.3, -0.25) is 0 Å². The molecule has 0 amide bonds. The highest BCUT2D eigenvalue weighted by atomic mass is 31.1. The summed E-state index contributed by atoms with van der Waals surface area (Å²) in [6.45, 7) is 8.83. The van der Waals surface area contributed by atoms with Crippen LogP contribution in [0.25, 0.3) is 0 Å². The third-order valence-corrected chi connectivity index (χ3v) is 3.14. The van der Waals surface area contributed by atoms with Gasteiger partial charge < -0.3 is 5.32 Å². The van der Waals surface area contributed by atoms with Crippen molar-refractivity contribution in [1.82, 2.24) is 5.32 Å². The normalized spacial score (nSPS) is 20.7. The number of piperidine rings is 1. The van der Waals surface area contributed by atoms with Gasteiger partial charge in [-0.25, -0.2) is 0 Å². The Morgan fingerprint density at radius 2 is 1.70 bits per heavy atom. The monoisotopic (exact) mass is 161 g/mol. The molecule has 1 saturated heterocycles. The summed E-state index contributed by atoms with van der Waals surface area (Å²) in [7, 11) is 1.17. The van der Waals surface area contributed by atoms with Gasteiger partial charge in [0.05, 0.1) is 0 Å². The largest absolute Gasteiger partial charge is 0.317 e. The molecule has 0 aromatic carbocycles. The van der Waals surface area contributed by atoms with E-state index in [2.05, 4.69) is 12.0 Å². The standard InChI is InChI=1S/C6H14NP.C2H6/c1-8-6-2-4-7-5-3-6;1-2/h6-8H,2-5H2,1H3;1-2H3. The van der Waals surface area contributed by atoms with Crippen LogP contribution in [0.1, 0.15) is 26.7 Å². The van der Waals surface area contributed by atoms with Gasteiger partial charge in [-0.1, -0.05) is 13.8 Å². The summed E-state index contributed by atoms with van der Waals surface area (Å²) in [5.41, 5.74) is 1.05. The summed E-state index contributed by atoms with van der Waals surface area (Å²) < 4.78 is 0. The van der Waals surface area contributed by atoms with Crippen LogP contribution in [-0.4, -0.2) is 25.4 Å². The van der Waals surface area contributed by atoms with E-state index in [-0.39, 0.29) is 0 Å². The number of hydrogen-bond acceptors (Lipinski definition) is 1. The number of rotatable bonds is 1. The third kappa shape index (κ3) is 4.24. The molecule has 0 aliphatic carbocycles. The molecule has 0 spiro atoms. The van der Waals surface area contributed by atoms with Crippen LogP contribution in [0, 0.1) is 0 Å². The highest BCUT2D eigenvalue weighted by Gasteiger charge is 2.08. The summed E-state index contributed by atoms with van der Waals surface area (Å²) in [6.07, 6.45) is 2.82. The Kier molecular flexibility index (Phi) is 7.79. The lowest BCUT2D eigenvalue weighted by atomic mass is 10.2. The molecular weight excluding hydrogens is 141 g/mol. The second-order valence-corrected chi connectivity index (χ2v) is 3.71. The molecule has 0 radical (unpaired) electrons. The minimum absolute atomic E-state index is 1.05. The van der Waals surface area contributed by atoms with Crippen molar-refractivity contribution < 1.29 is 0 Å². The average molecular weight is 161 g/mol. The molecule has 1 aliphatic heterocycles. The van der Waals surface area contributed by atoms with Crippen LogP contribution in [0.4, 0.5) is 0 Å². The second kappa shape index (κ2) is 7.50. The van der Waals surface area contributed by atoms with E-state index in [1.807, 2.05) is 13.8 Å². The van der Waals surface area contributed by atoms with Crippen LogP contribution in [0.2, 0.25) is 0 Å². The molecular formula is C8H20NP. The molecule has 0 aromatic heterocycles. The van der Waals surface area contributed by atoms with Crippen molar-refractivity contribution in [3.05, 3.63) is 0 Å². The van der Waals surface area contributed by atoms with Crippen molar-refractivity contribution in [3.63, 3.8) is 0 Å². The summed E-state index contributed by atoms with van der Waals surface area (Å²) in [6, 6.07) is 0. The van der Waals surface area contributed by atoms with Gasteiger partial charge in [0.1, 0.15) is 0 Å². The van der Waals surface area contributed by atoms with Gasteiger partial charge in [0, 0.05) is 0 Å². The molecule has 0 bridgehead atoms. The molecule has 1 atom stereocenters. The smallest absolute Gasteiger partial charge is 0.00430 e. The Labute approximate surface area is 66.8 Å². The predicted molar refractivity (Wildman–Crippen MR) is 51.5 cm³/mol. The van der Waals surface area contributed by atoms with Gasteiger partial charge in [0.25, 0.3) is 0 Å². The Morgan fingerprint density at radius 3 is 2.00 bits per heavy atom. The molecule has 62 valence electrons. The van der Waals surface area contributed by atoms with Crippen LogP contribution >= 0.6 is 8.58 Å². The van der Waals surface area contributed by atoms with Crippen LogP contribution in [0.3, 0.4) is 0 Å². The van der Waals surface area contributed by atoms with Crippen LogP contribution in [0.5, 0.6) is 0 Å². The zero-order valence-corrected chi connectivity index (χ0v) is 8.41. The first kappa shape index (κ1) is 10.4. The summed E-state index contributed by atoms with van der Waals surface area (Å²) in [4.78, 5) is 0. The van der Waals surface area contributed by atoms with Gasteiger partial charge in [0.2, 0.25) is 0 Å². The van der Waals surface area contributed by atoms with E-state index < -0.39 is 0 Å². The van der Waals surface area contributed by atoms with E-state index in [4.69, 9.17) is 0 Å². The highest BCUT2D eigenvalue weighted by Crippen LogP contribution is 2.21. The second-order valence-electron chi connectivity index (χ2n) is 2.31. The summed E-state index contributed by atoms with van der Waals surface area (Å²) in [5, 5.41) is 3.35. The number of nitrogens with one attached hydrogen (secondary N) is 1. The van der Waals surface area contributed by atoms with E-state index in [9.17, 15) is 0 Å². The fourth-order valence-electron chi connectivity index (χ4n) is 1.11. The van der Waals surface area contributed by atoms with Crippen molar-refractivity contribution in [2.75, 3.05) is 19.8 Å². The molecule has 1 N–H and O–H groups in total. The van der Waals surface area contributed by atoms with Gasteiger partial charge in [-0.2, -0.15) is 0 Å². The lowest BCUT2D eigenvalue weighted by Gasteiger charge is -2.20. The fourth-order valence-corrected chi connectivity index (χ4v) is 1.98. The zero-order chi connectivity index (χ0) is 7.82. The van der Waals surface area contributed by atoms with Gasteiger partial charge in [-0.15, -0.1) is 8.58 Å². The maximum absolute atomic E-state index is 3.35. The molecule has 1 fully saturated rings. The van der Waals surface area contributed by atoms with Gasteiger partial charge in [0.15, 0.2) is 0 Å². The molecule has 0 saturated carbocycles. The summed E-state index contributed by atoms with van der Waals surface area (Å²) >= 11 is 0. The van der Waals surface area contributed by atoms with Gasteiger partial charge in [-0.05, 0) is 38.3 Å². The van der Waals surface area contributed by atoms with E-state index in [1.54, 1.807) is 0 Å². The highest BCUT2D eigenvalue weighted by molar-refractivity contribution is 7.37. The van der Waals surface area contributed by atoms with Crippen LogP contribution in [-0.2, 0) is 0 Å².